The van der Waals surface area contributed by atoms with Crippen molar-refractivity contribution in [2.75, 3.05) is 0 Å². The maximum atomic E-state index is 11.1. The van der Waals surface area contributed by atoms with Gasteiger partial charge < -0.3 is 0 Å². The van der Waals surface area contributed by atoms with Crippen molar-refractivity contribution in [1.29, 1.82) is 0 Å². The van der Waals surface area contributed by atoms with Crippen molar-refractivity contribution in [3.63, 3.8) is 0 Å². The van der Waals surface area contributed by atoms with E-state index < -0.39 is 0 Å². The van der Waals surface area contributed by atoms with Crippen molar-refractivity contribution >= 4 is 34.3 Å². The number of fused-ring (bicyclic) bond motifs is 2. The van der Waals surface area contributed by atoms with Gasteiger partial charge >= 0.3 is 0 Å². The highest BCUT2D eigenvalue weighted by Crippen LogP contribution is 2.23. The standard InChI is InChI=1S/C10H6OS2/c11-10-12-8-5-6-3-1-2-4-7(6)9(8)13-10/h1-3,5H,4H2. The molecule has 1 aromatic heterocycles. The molecule has 2 aliphatic carbocycles. The molecule has 1 aromatic rings. The Morgan fingerprint density at radius 3 is 3.15 bits per heavy atom. The zero-order valence-electron chi connectivity index (χ0n) is 6.74. The zero-order chi connectivity index (χ0) is 8.84. The average molecular weight is 206 g/mol. The summed E-state index contributed by atoms with van der Waals surface area (Å²) in [7, 11) is 0. The van der Waals surface area contributed by atoms with E-state index in [4.69, 9.17) is 0 Å². The molecule has 0 aliphatic heterocycles. The number of allylic oxidation sites excluding steroid dienone is 4. The largest absolute Gasteiger partial charge is 0.288 e. The van der Waals surface area contributed by atoms with Gasteiger partial charge in [0, 0.05) is 4.53 Å². The van der Waals surface area contributed by atoms with E-state index in [0.717, 1.165) is 11.0 Å². The van der Waals surface area contributed by atoms with Gasteiger partial charge in [0.1, 0.15) is 0 Å². The predicted octanol–water partition coefficient (Wildman–Crippen LogP) is 1.00. The van der Waals surface area contributed by atoms with Crippen LogP contribution >= 0.6 is 22.7 Å². The van der Waals surface area contributed by atoms with Crippen LogP contribution in [-0.2, 0) is 0 Å². The van der Waals surface area contributed by atoms with Gasteiger partial charge in [-0.05, 0) is 23.6 Å². The second kappa shape index (κ2) is 2.53. The fraction of sp³-hybridized carbons (Fsp3) is 0.100. The molecule has 13 heavy (non-hydrogen) atoms. The molecule has 0 bridgehead atoms. The third kappa shape index (κ3) is 1.01. The molecule has 3 rings (SSSR count). The van der Waals surface area contributed by atoms with Gasteiger partial charge in [-0.15, -0.1) is 0 Å². The summed E-state index contributed by atoms with van der Waals surface area (Å²) in [5.74, 6) is 0. The Hall–Kier alpha value is -0.930. The van der Waals surface area contributed by atoms with Crippen LogP contribution in [0.15, 0.2) is 28.6 Å². The van der Waals surface area contributed by atoms with E-state index in [2.05, 4.69) is 24.3 Å². The molecule has 0 aromatic carbocycles. The van der Waals surface area contributed by atoms with E-state index in [0.29, 0.717) is 0 Å². The van der Waals surface area contributed by atoms with Crippen molar-refractivity contribution in [3.8, 4) is 0 Å². The van der Waals surface area contributed by atoms with Gasteiger partial charge in [0.15, 0.2) is 0 Å². The third-order valence-corrected chi connectivity index (χ3v) is 4.42. The molecule has 0 spiro atoms. The summed E-state index contributed by atoms with van der Waals surface area (Å²) >= 11 is 2.74. The maximum absolute atomic E-state index is 11.1. The molecule has 0 fully saturated rings. The first-order valence-corrected chi connectivity index (χ1v) is 5.70. The molecule has 0 saturated carbocycles. The quantitative estimate of drug-likeness (QED) is 0.619. The van der Waals surface area contributed by atoms with Crippen LogP contribution in [0.25, 0.3) is 11.6 Å². The molecule has 0 unspecified atom stereocenters. The summed E-state index contributed by atoms with van der Waals surface area (Å²) in [6.07, 6.45) is 9.42. The molecule has 3 heteroatoms. The Bertz CT molecular complexity index is 596. The third-order valence-electron chi connectivity index (χ3n) is 2.25. The molecule has 0 radical (unpaired) electrons. The number of hydrogen-bond acceptors (Lipinski definition) is 3. The lowest BCUT2D eigenvalue weighted by Gasteiger charge is -2.03. The van der Waals surface area contributed by atoms with Gasteiger partial charge in [-0.2, -0.15) is 0 Å². The molecule has 0 amide bonds. The Labute approximate surface area is 82.7 Å². The number of hydrogen-bond donors (Lipinski definition) is 0. The van der Waals surface area contributed by atoms with Crippen molar-refractivity contribution < 1.29 is 0 Å². The minimum atomic E-state index is 0.211. The Balaban J connectivity index is 2.49. The molecule has 1 nitrogen and oxygen atoms in total. The average Bonchev–Trinajstić information content (AvgIpc) is 2.60. The Morgan fingerprint density at radius 2 is 2.23 bits per heavy atom. The molecule has 1 heterocycles. The second-order valence-electron chi connectivity index (χ2n) is 3.02. The van der Waals surface area contributed by atoms with Gasteiger partial charge in [0.2, 0.25) is 0 Å². The van der Waals surface area contributed by atoms with E-state index in [9.17, 15) is 4.79 Å². The minimum Gasteiger partial charge on any atom is -0.265 e. The van der Waals surface area contributed by atoms with Crippen LogP contribution in [0.5, 0.6) is 0 Å². The zero-order valence-corrected chi connectivity index (χ0v) is 8.37. The minimum absolute atomic E-state index is 0.211. The first-order chi connectivity index (χ1) is 6.34. The van der Waals surface area contributed by atoms with Gasteiger partial charge in [-0.1, -0.05) is 40.9 Å². The fourth-order valence-corrected chi connectivity index (χ4v) is 3.84. The lowest BCUT2D eigenvalue weighted by Crippen LogP contribution is -2.13. The van der Waals surface area contributed by atoms with Crippen LogP contribution in [0.2, 0.25) is 0 Å². The van der Waals surface area contributed by atoms with E-state index >= 15 is 0 Å². The van der Waals surface area contributed by atoms with Crippen LogP contribution in [0.4, 0.5) is 0 Å². The predicted molar refractivity (Wildman–Crippen MR) is 57.4 cm³/mol. The molecule has 0 N–H and O–H groups in total. The lowest BCUT2D eigenvalue weighted by molar-refractivity contribution is 1.38. The molecule has 0 saturated heterocycles. The maximum Gasteiger partial charge on any atom is 0.288 e. The van der Waals surface area contributed by atoms with E-state index in [1.807, 2.05) is 0 Å². The molecular formula is C10H6OS2. The lowest BCUT2D eigenvalue weighted by atomic mass is 10.0. The molecule has 64 valence electrons. The van der Waals surface area contributed by atoms with Crippen molar-refractivity contribution in [1.82, 2.24) is 0 Å². The monoisotopic (exact) mass is 206 g/mol. The van der Waals surface area contributed by atoms with Gasteiger partial charge in [-0.25, -0.2) is 0 Å². The van der Waals surface area contributed by atoms with E-state index in [1.165, 1.54) is 38.4 Å². The van der Waals surface area contributed by atoms with Crippen LogP contribution in [0.3, 0.4) is 0 Å². The second-order valence-corrected chi connectivity index (χ2v) is 5.28. The highest BCUT2D eigenvalue weighted by molar-refractivity contribution is 7.24. The van der Waals surface area contributed by atoms with Crippen molar-refractivity contribution in [2.45, 2.75) is 6.42 Å². The topological polar surface area (TPSA) is 17.1 Å². The summed E-state index contributed by atoms with van der Waals surface area (Å²) in [4.78, 5) is 11.1. The number of rotatable bonds is 0. The highest BCUT2D eigenvalue weighted by atomic mass is 32.2. The van der Waals surface area contributed by atoms with E-state index in [1.54, 1.807) is 0 Å². The van der Waals surface area contributed by atoms with Crippen LogP contribution in [-0.4, -0.2) is 0 Å². The Morgan fingerprint density at radius 1 is 1.31 bits per heavy atom. The van der Waals surface area contributed by atoms with Gasteiger partial charge in [0.05, 0.1) is 4.53 Å². The normalized spacial score (nSPS) is 17.8. The summed E-state index contributed by atoms with van der Waals surface area (Å²) in [6, 6.07) is 0. The molecule has 0 atom stereocenters. The summed E-state index contributed by atoms with van der Waals surface area (Å²) in [6.45, 7) is 0. The SMILES string of the molecule is O=c1sc2c(s1)=C1CC=CC=C1C=2. The van der Waals surface area contributed by atoms with Crippen molar-refractivity contribution in [3.05, 3.63) is 41.7 Å². The van der Waals surface area contributed by atoms with Crippen LogP contribution in [0.1, 0.15) is 6.42 Å². The summed E-state index contributed by atoms with van der Waals surface area (Å²) < 4.78 is 2.56. The summed E-state index contributed by atoms with van der Waals surface area (Å²) in [5, 5.41) is 0. The van der Waals surface area contributed by atoms with Gasteiger partial charge in [0.25, 0.3) is 4.06 Å². The van der Waals surface area contributed by atoms with Crippen molar-refractivity contribution in [2.24, 2.45) is 0 Å². The van der Waals surface area contributed by atoms with Crippen LogP contribution in [0, 0.1) is 0 Å². The van der Waals surface area contributed by atoms with E-state index in [-0.39, 0.29) is 4.06 Å². The first-order valence-electron chi connectivity index (χ1n) is 4.07. The molecule has 2 aliphatic rings. The summed E-state index contributed by atoms with van der Waals surface area (Å²) in [5.41, 5.74) is 2.63. The fourth-order valence-electron chi connectivity index (χ4n) is 1.67. The van der Waals surface area contributed by atoms with Gasteiger partial charge in [-0.3, -0.25) is 4.79 Å². The smallest absolute Gasteiger partial charge is 0.265 e. The van der Waals surface area contributed by atoms with Crippen LogP contribution < -0.4 is 13.1 Å². The molecular weight excluding hydrogens is 200 g/mol. The first kappa shape index (κ1) is 7.47. The Kier molecular flexibility index (Phi) is 1.45. The highest BCUT2D eigenvalue weighted by Gasteiger charge is 2.13.